The van der Waals surface area contributed by atoms with Gasteiger partial charge in [-0.3, -0.25) is 14.0 Å². The van der Waals surface area contributed by atoms with Gasteiger partial charge in [0.1, 0.15) is 0 Å². The van der Waals surface area contributed by atoms with Gasteiger partial charge in [-0.1, -0.05) is 0 Å². The standard InChI is InChI=1S/C20H23F5N4O4/c21-14-11-16-17(12-15(14)22)29(19(31)28(16)6-5-26-7-9-32-10-8-26)13-1-3-27(4-2-13)33-18(30)20(23,24)25/h11-13H,1-10H2. The van der Waals surface area contributed by atoms with Crippen molar-refractivity contribution in [3.8, 4) is 0 Å². The number of nitrogens with zero attached hydrogens (tertiary/aromatic N) is 4. The van der Waals surface area contributed by atoms with Crippen molar-refractivity contribution >= 4 is 17.0 Å². The molecule has 0 atom stereocenters. The average molecular weight is 478 g/mol. The summed E-state index contributed by atoms with van der Waals surface area (Å²) in [6, 6.07) is 1.48. The van der Waals surface area contributed by atoms with E-state index in [0.717, 1.165) is 17.2 Å². The van der Waals surface area contributed by atoms with E-state index in [0.29, 0.717) is 32.8 Å². The molecular formula is C20H23F5N4O4. The van der Waals surface area contributed by atoms with Crippen LogP contribution in [-0.2, 0) is 20.9 Å². The highest BCUT2D eigenvalue weighted by atomic mass is 19.4. The second-order valence-corrected chi connectivity index (χ2v) is 8.05. The van der Waals surface area contributed by atoms with E-state index in [9.17, 15) is 31.5 Å². The molecular weight excluding hydrogens is 455 g/mol. The number of hydrogen-bond acceptors (Lipinski definition) is 6. The summed E-state index contributed by atoms with van der Waals surface area (Å²) in [5, 5.41) is 0.898. The number of hydroxylamine groups is 2. The zero-order valence-electron chi connectivity index (χ0n) is 17.6. The van der Waals surface area contributed by atoms with E-state index in [1.165, 1.54) is 9.13 Å². The third kappa shape index (κ3) is 5.04. The summed E-state index contributed by atoms with van der Waals surface area (Å²) in [4.78, 5) is 30.8. The smallest absolute Gasteiger partial charge is 0.379 e. The minimum atomic E-state index is -5.11. The summed E-state index contributed by atoms with van der Waals surface area (Å²) in [6.45, 7) is 3.26. The number of imidazole rings is 1. The molecule has 1 aromatic heterocycles. The van der Waals surface area contributed by atoms with Crippen molar-refractivity contribution in [3.63, 3.8) is 0 Å². The van der Waals surface area contributed by atoms with Gasteiger partial charge in [0.25, 0.3) is 0 Å². The molecule has 13 heteroatoms. The number of carbonyl (C=O) groups is 1. The number of halogens is 5. The van der Waals surface area contributed by atoms with Gasteiger partial charge < -0.3 is 9.57 Å². The second-order valence-electron chi connectivity index (χ2n) is 8.05. The first-order chi connectivity index (χ1) is 15.6. The van der Waals surface area contributed by atoms with E-state index in [4.69, 9.17) is 4.74 Å². The Bertz CT molecular complexity index is 1070. The van der Waals surface area contributed by atoms with E-state index in [-0.39, 0.29) is 43.5 Å². The van der Waals surface area contributed by atoms with Crippen LogP contribution in [0.25, 0.3) is 11.0 Å². The maximum absolute atomic E-state index is 14.0. The van der Waals surface area contributed by atoms with Crippen molar-refractivity contribution < 1.29 is 36.3 Å². The van der Waals surface area contributed by atoms with Gasteiger partial charge in [-0.2, -0.15) is 13.2 Å². The Balaban J connectivity index is 1.56. The number of hydrogen-bond donors (Lipinski definition) is 0. The SMILES string of the molecule is O=C(ON1CCC(n2c(=O)n(CCN3CCOCC3)c3cc(F)c(F)cc32)CC1)C(F)(F)F. The number of ether oxygens (including phenoxy) is 1. The van der Waals surface area contributed by atoms with E-state index >= 15 is 0 Å². The predicted molar refractivity (Wildman–Crippen MR) is 105 cm³/mol. The van der Waals surface area contributed by atoms with Gasteiger partial charge in [-0.15, -0.1) is 5.06 Å². The Labute approximate surface area is 185 Å². The molecule has 2 aliphatic heterocycles. The molecule has 0 amide bonds. The fraction of sp³-hybridized carbons (Fsp3) is 0.600. The molecule has 0 spiro atoms. The minimum absolute atomic E-state index is 0.0386. The van der Waals surface area contributed by atoms with Crippen molar-refractivity contribution in [2.24, 2.45) is 0 Å². The number of aromatic nitrogens is 2. The number of carbonyl (C=O) groups excluding carboxylic acids is 1. The molecule has 2 saturated heterocycles. The van der Waals surface area contributed by atoms with E-state index in [1.54, 1.807) is 0 Å². The van der Waals surface area contributed by atoms with Crippen LogP contribution in [0.4, 0.5) is 22.0 Å². The molecule has 0 unspecified atom stereocenters. The molecule has 0 aliphatic carbocycles. The molecule has 4 rings (SSSR count). The van der Waals surface area contributed by atoms with Gasteiger partial charge in [-0.25, -0.2) is 18.4 Å². The number of alkyl halides is 3. The van der Waals surface area contributed by atoms with Crippen LogP contribution in [0.5, 0.6) is 0 Å². The monoisotopic (exact) mass is 478 g/mol. The van der Waals surface area contributed by atoms with Crippen LogP contribution in [-0.4, -0.2) is 77.2 Å². The normalized spacial score (nSPS) is 19.3. The highest BCUT2D eigenvalue weighted by Gasteiger charge is 2.43. The summed E-state index contributed by atoms with van der Waals surface area (Å²) in [7, 11) is 0. The van der Waals surface area contributed by atoms with Crippen LogP contribution < -0.4 is 5.69 Å². The number of morpholine rings is 1. The van der Waals surface area contributed by atoms with Crippen LogP contribution in [0.3, 0.4) is 0 Å². The molecule has 1 aromatic carbocycles. The van der Waals surface area contributed by atoms with E-state index < -0.39 is 35.5 Å². The maximum Gasteiger partial charge on any atom is 0.492 e. The summed E-state index contributed by atoms with van der Waals surface area (Å²) in [5.74, 6) is -4.48. The first-order valence-electron chi connectivity index (χ1n) is 10.6. The summed E-state index contributed by atoms with van der Waals surface area (Å²) in [5.41, 5.74) is 0.0127. The predicted octanol–water partition coefficient (Wildman–Crippen LogP) is 2.07. The summed E-state index contributed by atoms with van der Waals surface area (Å²) in [6.07, 6.45) is -4.73. The lowest BCUT2D eigenvalue weighted by Crippen LogP contribution is -2.42. The highest BCUT2D eigenvalue weighted by Crippen LogP contribution is 2.28. The minimum Gasteiger partial charge on any atom is -0.379 e. The Morgan fingerprint density at radius 3 is 2.21 bits per heavy atom. The van der Waals surface area contributed by atoms with Gasteiger partial charge >= 0.3 is 17.8 Å². The van der Waals surface area contributed by atoms with Crippen molar-refractivity contribution in [1.82, 2.24) is 19.1 Å². The topological polar surface area (TPSA) is 68.9 Å². The molecule has 0 bridgehead atoms. The molecule has 0 radical (unpaired) electrons. The number of piperidine rings is 1. The Hall–Kier alpha value is -2.51. The third-order valence-electron chi connectivity index (χ3n) is 5.98. The van der Waals surface area contributed by atoms with Crippen LogP contribution in [0.2, 0.25) is 0 Å². The molecule has 33 heavy (non-hydrogen) atoms. The summed E-state index contributed by atoms with van der Waals surface area (Å²) < 4.78 is 73.4. The van der Waals surface area contributed by atoms with Crippen molar-refractivity contribution in [2.75, 3.05) is 45.9 Å². The van der Waals surface area contributed by atoms with Crippen LogP contribution >= 0.6 is 0 Å². The highest BCUT2D eigenvalue weighted by molar-refractivity contribution is 5.76. The summed E-state index contributed by atoms with van der Waals surface area (Å²) >= 11 is 0. The quantitative estimate of drug-likeness (QED) is 0.613. The van der Waals surface area contributed by atoms with Crippen molar-refractivity contribution in [1.29, 1.82) is 0 Å². The molecule has 2 fully saturated rings. The number of benzene rings is 1. The largest absolute Gasteiger partial charge is 0.492 e. The third-order valence-corrected chi connectivity index (χ3v) is 5.98. The van der Waals surface area contributed by atoms with Gasteiger partial charge in [0.2, 0.25) is 0 Å². The van der Waals surface area contributed by atoms with Crippen molar-refractivity contribution in [3.05, 3.63) is 34.3 Å². The zero-order chi connectivity index (χ0) is 23.8. The molecule has 2 aromatic rings. The van der Waals surface area contributed by atoms with Crippen LogP contribution in [0, 0.1) is 11.6 Å². The van der Waals surface area contributed by atoms with Gasteiger partial charge in [0.05, 0.1) is 24.2 Å². The first kappa shape index (κ1) is 23.6. The lowest BCUT2D eigenvalue weighted by Gasteiger charge is -2.31. The molecule has 182 valence electrons. The molecule has 0 N–H and O–H groups in total. The zero-order valence-corrected chi connectivity index (χ0v) is 17.6. The van der Waals surface area contributed by atoms with Gasteiger partial charge in [0, 0.05) is 57.4 Å². The first-order valence-corrected chi connectivity index (χ1v) is 10.6. The lowest BCUT2D eigenvalue weighted by atomic mass is 10.1. The molecule has 8 nitrogen and oxygen atoms in total. The van der Waals surface area contributed by atoms with Crippen molar-refractivity contribution in [2.45, 2.75) is 31.6 Å². The lowest BCUT2D eigenvalue weighted by molar-refractivity contribution is -0.242. The average Bonchev–Trinajstić information content (AvgIpc) is 3.03. The Morgan fingerprint density at radius 1 is 1.00 bits per heavy atom. The number of fused-ring (bicyclic) bond motifs is 1. The molecule has 2 aliphatic rings. The number of rotatable bonds is 5. The Kier molecular flexibility index (Phi) is 6.73. The fourth-order valence-corrected chi connectivity index (χ4v) is 4.27. The van der Waals surface area contributed by atoms with Gasteiger partial charge in [0.15, 0.2) is 11.6 Å². The second kappa shape index (κ2) is 9.39. The van der Waals surface area contributed by atoms with Crippen LogP contribution in [0.15, 0.2) is 16.9 Å². The molecule has 3 heterocycles. The van der Waals surface area contributed by atoms with E-state index in [2.05, 4.69) is 9.74 Å². The maximum atomic E-state index is 14.0. The van der Waals surface area contributed by atoms with Gasteiger partial charge in [-0.05, 0) is 12.8 Å². The van der Waals surface area contributed by atoms with E-state index in [1.807, 2.05) is 0 Å². The Morgan fingerprint density at radius 2 is 1.61 bits per heavy atom. The fourth-order valence-electron chi connectivity index (χ4n) is 4.27. The van der Waals surface area contributed by atoms with Crippen LogP contribution in [0.1, 0.15) is 18.9 Å². The molecule has 0 saturated carbocycles.